The molecule has 0 aliphatic carbocycles. The van der Waals surface area contributed by atoms with E-state index in [2.05, 4.69) is 15.0 Å². The summed E-state index contributed by atoms with van der Waals surface area (Å²) in [5, 5.41) is 3.05. The lowest BCUT2D eigenvalue weighted by molar-refractivity contribution is -0.144. The maximum atomic E-state index is 11.3. The standard InChI is InChI=1S/C10H10Cl2N2O3/c1-5-7(11)3-8(12)10(13-5)14-9(16)4-17-6(2)15/h3H,4H2,1-2H3,(H,13,14,16). The van der Waals surface area contributed by atoms with E-state index in [0.717, 1.165) is 0 Å². The van der Waals surface area contributed by atoms with Gasteiger partial charge in [0.1, 0.15) is 0 Å². The molecule has 1 amide bonds. The van der Waals surface area contributed by atoms with E-state index in [4.69, 9.17) is 23.2 Å². The molecular weight excluding hydrogens is 267 g/mol. The van der Waals surface area contributed by atoms with Gasteiger partial charge in [0.05, 0.1) is 15.7 Å². The van der Waals surface area contributed by atoms with E-state index in [1.54, 1.807) is 6.92 Å². The summed E-state index contributed by atoms with van der Waals surface area (Å²) in [5.41, 5.74) is 0.541. The molecule has 0 aliphatic rings. The molecule has 1 aromatic heterocycles. The zero-order valence-electron chi connectivity index (χ0n) is 9.21. The van der Waals surface area contributed by atoms with Crippen molar-refractivity contribution in [2.24, 2.45) is 0 Å². The number of pyridine rings is 1. The van der Waals surface area contributed by atoms with Crippen molar-refractivity contribution in [1.82, 2.24) is 4.98 Å². The SMILES string of the molecule is CC(=O)OCC(=O)Nc1nc(C)c(Cl)cc1Cl. The van der Waals surface area contributed by atoms with Crippen LogP contribution in [0, 0.1) is 6.92 Å². The van der Waals surface area contributed by atoms with Crippen LogP contribution in [0.4, 0.5) is 5.82 Å². The lowest BCUT2D eigenvalue weighted by Crippen LogP contribution is -2.20. The molecule has 0 saturated heterocycles. The van der Waals surface area contributed by atoms with Gasteiger partial charge in [0.2, 0.25) is 0 Å². The second kappa shape index (κ2) is 5.84. The van der Waals surface area contributed by atoms with E-state index >= 15 is 0 Å². The predicted octanol–water partition coefficient (Wildman–Crippen LogP) is 2.20. The highest BCUT2D eigenvalue weighted by Crippen LogP contribution is 2.25. The molecular formula is C10H10Cl2N2O3. The largest absolute Gasteiger partial charge is 0.456 e. The summed E-state index contributed by atoms with van der Waals surface area (Å²) in [6.07, 6.45) is 0. The Hall–Kier alpha value is -1.33. The van der Waals surface area contributed by atoms with Crippen LogP contribution in [0.15, 0.2) is 6.07 Å². The third-order valence-corrected chi connectivity index (χ3v) is 2.44. The Morgan fingerprint density at radius 1 is 1.41 bits per heavy atom. The molecule has 1 rings (SSSR count). The number of esters is 1. The second-order valence-electron chi connectivity index (χ2n) is 3.21. The number of hydrogen-bond donors (Lipinski definition) is 1. The van der Waals surface area contributed by atoms with Crippen molar-refractivity contribution >= 4 is 40.9 Å². The van der Waals surface area contributed by atoms with Gasteiger partial charge in [0, 0.05) is 6.92 Å². The van der Waals surface area contributed by atoms with Crippen molar-refractivity contribution in [1.29, 1.82) is 0 Å². The molecule has 1 heterocycles. The molecule has 0 spiro atoms. The number of rotatable bonds is 3. The van der Waals surface area contributed by atoms with Crippen LogP contribution >= 0.6 is 23.2 Å². The molecule has 17 heavy (non-hydrogen) atoms. The minimum atomic E-state index is -0.536. The molecule has 0 aromatic carbocycles. The topological polar surface area (TPSA) is 68.3 Å². The highest BCUT2D eigenvalue weighted by Gasteiger charge is 2.10. The molecule has 0 saturated carbocycles. The van der Waals surface area contributed by atoms with E-state index in [1.165, 1.54) is 13.0 Å². The Kier molecular flexibility index (Phi) is 4.72. The summed E-state index contributed by atoms with van der Waals surface area (Å²) in [5.74, 6) is -0.867. The number of hydrogen-bond acceptors (Lipinski definition) is 4. The van der Waals surface area contributed by atoms with E-state index in [9.17, 15) is 9.59 Å². The molecule has 0 unspecified atom stereocenters. The molecule has 0 radical (unpaired) electrons. The Balaban J connectivity index is 2.71. The van der Waals surface area contributed by atoms with Crippen molar-refractivity contribution in [2.45, 2.75) is 13.8 Å². The molecule has 0 fully saturated rings. The molecule has 0 atom stereocenters. The summed E-state index contributed by atoms with van der Waals surface area (Å²) >= 11 is 11.6. The van der Waals surface area contributed by atoms with Gasteiger partial charge in [-0.2, -0.15) is 0 Å². The van der Waals surface area contributed by atoms with Gasteiger partial charge in [0.15, 0.2) is 12.4 Å². The van der Waals surface area contributed by atoms with Gasteiger partial charge in [-0.05, 0) is 13.0 Å². The number of carbonyl (C=O) groups excluding carboxylic acids is 2. The number of aryl methyl sites for hydroxylation is 1. The zero-order chi connectivity index (χ0) is 13.0. The Bertz CT molecular complexity index is 463. The minimum Gasteiger partial charge on any atom is -0.456 e. The van der Waals surface area contributed by atoms with Gasteiger partial charge in [-0.15, -0.1) is 0 Å². The van der Waals surface area contributed by atoms with E-state index < -0.39 is 11.9 Å². The van der Waals surface area contributed by atoms with Crippen molar-refractivity contribution in [3.05, 3.63) is 21.8 Å². The second-order valence-corrected chi connectivity index (χ2v) is 4.03. The number of anilines is 1. The maximum Gasteiger partial charge on any atom is 0.303 e. The van der Waals surface area contributed by atoms with Crippen LogP contribution in [-0.2, 0) is 14.3 Å². The van der Waals surface area contributed by atoms with Gasteiger partial charge in [-0.25, -0.2) is 4.98 Å². The fraction of sp³-hybridized carbons (Fsp3) is 0.300. The molecule has 7 heteroatoms. The van der Waals surface area contributed by atoms with Crippen LogP contribution in [0.5, 0.6) is 0 Å². The van der Waals surface area contributed by atoms with Crippen LogP contribution < -0.4 is 5.32 Å². The van der Waals surface area contributed by atoms with Crippen LogP contribution in [-0.4, -0.2) is 23.5 Å². The number of nitrogens with one attached hydrogen (secondary N) is 1. The van der Waals surface area contributed by atoms with Gasteiger partial charge in [0.25, 0.3) is 5.91 Å². The summed E-state index contributed by atoms with van der Waals surface area (Å²) in [6.45, 7) is 2.51. The average molecular weight is 277 g/mol. The predicted molar refractivity (Wildman–Crippen MR) is 64.3 cm³/mol. The number of ether oxygens (including phenoxy) is 1. The zero-order valence-corrected chi connectivity index (χ0v) is 10.7. The third kappa shape index (κ3) is 4.20. The lowest BCUT2D eigenvalue weighted by atomic mass is 10.3. The number of nitrogens with zero attached hydrogens (tertiary/aromatic N) is 1. The normalized spacial score (nSPS) is 9.88. The Labute approximate surface area is 108 Å². The average Bonchev–Trinajstić information content (AvgIpc) is 2.23. The first-order valence-electron chi connectivity index (χ1n) is 4.66. The lowest BCUT2D eigenvalue weighted by Gasteiger charge is -2.08. The van der Waals surface area contributed by atoms with Crippen molar-refractivity contribution < 1.29 is 14.3 Å². The fourth-order valence-corrected chi connectivity index (χ4v) is 1.39. The van der Waals surface area contributed by atoms with Crippen molar-refractivity contribution in [2.75, 3.05) is 11.9 Å². The van der Waals surface area contributed by atoms with Crippen molar-refractivity contribution in [3.8, 4) is 0 Å². The first kappa shape index (κ1) is 13.7. The molecule has 92 valence electrons. The van der Waals surface area contributed by atoms with E-state index in [1.807, 2.05) is 0 Å². The maximum absolute atomic E-state index is 11.3. The van der Waals surface area contributed by atoms with E-state index in [-0.39, 0.29) is 17.4 Å². The molecule has 0 bridgehead atoms. The van der Waals surface area contributed by atoms with Crippen LogP contribution in [0.25, 0.3) is 0 Å². The van der Waals surface area contributed by atoms with Gasteiger partial charge < -0.3 is 10.1 Å². The van der Waals surface area contributed by atoms with Crippen molar-refractivity contribution in [3.63, 3.8) is 0 Å². The number of aromatic nitrogens is 1. The number of amides is 1. The highest BCUT2D eigenvalue weighted by molar-refractivity contribution is 6.36. The first-order valence-corrected chi connectivity index (χ1v) is 5.41. The van der Waals surface area contributed by atoms with Crippen LogP contribution in [0.2, 0.25) is 10.0 Å². The number of carbonyl (C=O) groups is 2. The molecule has 1 aromatic rings. The third-order valence-electron chi connectivity index (χ3n) is 1.77. The van der Waals surface area contributed by atoms with E-state index in [0.29, 0.717) is 10.7 Å². The Morgan fingerprint density at radius 3 is 2.65 bits per heavy atom. The summed E-state index contributed by atoms with van der Waals surface area (Å²) in [4.78, 5) is 25.9. The Morgan fingerprint density at radius 2 is 2.06 bits per heavy atom. The van der Waals surface area contributed by atoms with Crippen LogP contribution in [0.3, 0.4) is 0 Å². The summed E-state index contributed by atoms with van der Waals surface area (Å²) in [6, 6.07) is 1.48. The highest BCUT2D eigenvalue weighted by atomic mass is 35.5. The fourth-order valence-electron chi connectivity index (χ4n) is 0.982. The van der Waals surface area contributed by atoms with Gasteiger partial charge in [-0.3, -0.25) is 9.59 Å². The summed E-state index contributed by atoms with van der Waals surface area (Å²) < 4.78 is 4.52. The minimum absolute atomic E-state index is 0.186. The summed E-state index contributed by atoms with van der Waals surface area (Å²) in [7, 11) is 0. The van der Waals surface area contributed by atoms with Gasteiger partial charge in [-0.1, -0.05) is 23.2 Å². The monoisotopic (exact) mass is 276 g/mol. The molecule has 1 N–H and O–H groups in total. The van der Waals surface area contributed by atoms with Gasteiger partial charge >= 0.3 is 5.97 Å². The first-order chi connectivity index (χ1) is 7.90. The molecule has 0 aliphatic heterocycles. The molecule has 5 nitrogen and oxygen atoms in total. The smallest absolute Gasteiger partial charge is 0.303 e. The quantitative estimate of drug-likeness (QED) is 0.860. The number of halogens is 2. The van der Waals surface area contributed by atoms with Crippen LogP contribution in [0.1, 0.15) is 12.6 Å².